The standard InChI is InChI=1S/C15H10Cl2N4OS/c16-9-3-4-11(12(17)6-9)13-7-14(20-19-13)15(22)21-18-8-10-2-1-5-23-10/h1-8H,(H,19,20)(H,21,22). The maximum absolute atomic E-state index is 12.0. The van der Waals surface area contributed by atoms with Crippen molar-refractivity contribution in [3.05, 3.63) is 62.4 Å². The molecular formula is C15H10Cl2N4OS. The molecule has 0 aliphatic heterocycles. The maximum atomic E-state index is 12.0. The van der Waals surface area contributed by atoms with Crippen LogP contribution >= 0.6 is 34.5 Å². The third-order valence-electron chi connectivity index (χ3n) is 2.93. The Hall–Kier alpha value is -2.15. The zero-order valence-corrected chi connectivity index (χ0v) is 13.9. The summed E-state index contributed by atoms with van der Waals surface area (Å²) in [5.74, 6) is -0.387. The number of hydrazone groups is 1. The second-order valence-corrected chi connectivity index (χ2v) is 6.33. The van der Waals surface area contributed by atoms with Gasteiger partial charge in [0.05, 0.1) is 16.9 Å². The zero-order chi connectivity index (χ0) is 16.2. The summed E-state index contributed by atoms with van der Waals surface area (Å²) in [6.45, 7) is 0. The monoisotopic (exact) mass is 364 g/mol. The number of halogens is 2. The number of carbonyl (C=O) groups is 1. The predicted molar refractivity (Wildman–Crippen MR) is 93.4 cm³/mol. The number of thiophene rings is 1. The van der Waals surface area contributed by atoms with Gasteiger partial charge in [0.1, 0.15) is 5.69 Å². The van der Waals surface area contributed by atoms with Crippen molar-refractivity contribution in [3.63, 3.8) is 0 Å². The van der Waals surface area contributed by atoms with Crippen molar-refractivity contribution in [3.8, 4) is 11.3 Å². The van der Waals surface area contributed by atoms with Crippen LogP contribution in [0.25, 0.3) is 11.3 Å². The minimum Gasteiger partial charge on any atom is -0.272 e. The smallest absolute Gasteiger partial charge is 0.272 e. The summed E-state index contributed by atoms with van der Waals surface area (Å²) in [5.41, 5.74) is 3.97. The Bertz CT molecular complexity index is 858. The largest absolute Gasteiger partial charge is 0.289 e. The Balaban J connectivity index is 1.72. The molecule has 3 rings (SSSR count). The van der Waals surface area contributed by atoms with Crippen molar-refractivity contribution >= 4 is 46.7 Å². The van der Waals surface area contributed by atoms with E-state index in [2.05, 4.69) is 20.7 Å². The molecule has 0 fully saturated rings. The van der Waals surface area contributed by atoms with E-state index in [9.17, 15) is 4.79 Å². The number of H-pyrrole nitrogens is 1. The second kappa shape index (κ2) is 6.95. The molecular weight excluding hydrogens is 355 g/mol. The van der Waals surface area contributed by atoms with Gasteiger partial charge < -0.3 is 0 Å². The molecule has 8 heteroatoms. The van der Waals surface area contributed by atoms with E-state index in [1.165, 1.54) is 11.3 Å². The van der Waals surface area contributed by atoms with E-state index >= 15 is 0 Å². The first kappa shape index (κ1) is 15.7. The van der Waals surface area contributed by atoms with Gasteiger partial charge in [-0.25, -0.2) is 5.43 Å². The van der Waals surface area contributed by atoms with Gasteiger partial charge in [0.25, 0.3) is 5.91 Å². The van der Waals surface area contributed by atoms with E-state index in [-0.39, 0.29) is 11.6 Å². The number of carbonyl (C=O) groups excluding carboxylic acids is 1. The highest BCUT2D eigenvalue weighted by atomic mass is 35.5. The highest BCUT2D eigenvalue weighted by molar-refractivity contribution is 7.11. The first-order valence-electron chi connectivity index (χ1n) is 6.51. The Morgan fingerprint density at radius 1 is 1.30 bits per heavy atom. The summed E-state index contributed by atoms with van der Waals surface area (Å²) in [6, 6.07) is 10.5. The van der Waals surface area contributed by atoms with Crippen molar-refractivity contribution in [1.29, 1.82) is 0 Å². The minimum atomic E-state index is -0.387. The van der Waals surface area contributed by atoms with Gasteiger partial charge in [0.15, 0.2) is 0 Å². The molecule has 2 N–H and O–H groups in total. The highest BCUT2D eigenvalue weighted by Gasteiger charge is 2.12. The fourth-order valence-electron chi connectivity index (χ4n) is 1.85. The minimum absolute atomic E-state index is 0.286. The number of aromatic amines is 1. The van der Waals surface area contributed by atoms with Crippen LogP contribution in [-0.2, 0) is 0 Å². The first-order valence-corrected chi connectivity index (χ1v) is 8.15. The van der Waals surface area contributed by atoms with E-state index in [0.717, 1.165) is 4.88 Å². The molecule has 2 aromatic heterocycles. The van der Waals surface area contributed by atoms with E-state index in [0.29, 0.717) is 21.3 Å². The molecule has 0 aliphatic rings. The van der Waals surface area contributed by atoms with Crippen molar-refractivity contribution in [2.75, 3.05) is 0 Å². The molecule has 0 radical (unpaired) electrons. The van der Waals surface area contributed by atoms with E-state index in [1.54, 1.807) is 30.5 Å². The quantitative estimate of drug-likeness (QED) is 0.537. The summed E-state index contributed by atoms with van der Waals surface area (Å²) < 4.78 is 0. The summed E-state index contributed by atoms with van der Waals surface area (Å²) >= 11 is 13.5. The number of benzene rings is 1. The van der Waals surface area contributed by atoms with E-state index in [1.807, 2.05) is 17.5 Å². The highest BCUT2D eigenvalue weighted by Crippen LogP contribution is 2.29. The van der Waals surface area contributed by atoms with Gasteiger partial charge >= 0.3 is 0 Å². The van der Waals surface area contributed by atoms with Crippen LogP contribution < -0.4 is 5.43 Å². The Labute approximate surface area is 145 Å². The molecule has 0 saturated carbocycles. The van der Waals surface area contributed by atoms with E-state index in [4.69, 9.17) is 23.2 Å². The second-order valence-electron chi connectivity index (χ2n) is 4.51. The van der Waals surface area contributed by atoms with Gasteiger partial charge in [-0.3, -0.25) is 9.89 Å². The van der Waals surface area contributed by atoms with Crippen molar-refractivity contribution in [2.45, 2.75) is 0 Å². The number of nitrogens with one attached hydrogen (secondary N) is 2. The van der Waals surface area contributed by atoms with Crippen molar-refractivity contribution < 1.29 is 4.79 Å². The molecule has 0 bridgehead atoms. The van der Waals surface area contributed by atoms with Gasteiger partial charge in [-0.2, -0.15) is 10.2 Å². The van der Waals surface area contributed by atoms with Crippen LogP contribution in [0.15, 0.2) is 46.9 Å². The third-order valence-corrected chi connectivity index (χ3v) is 4.29. The molecule has 1 amide bonds. The summed E-state index contributed by atoms with van der Waals surface area (Å²) in [4.78, 5) is 13.0. The topological polar surface area (TPSA) is 70.1 Å². The fourth-order valence-corrected chi connectivity index (χ4v) is 2.94. The van der Waals surface area contributed by atoms with E-state index < -0.39 is 0 Å². The number of nitrogens with zero attached hydrogens (tertiary/aromatic N) is 2. The number of aromatic nitrogens is 2. The van der Waals surface area contributed by atoms with Crippen LogP contribution in [0, 0.1) is 0 Å². The van der Waals surface area contributed by atoms with Crippen molar-refractivity contribution in [1.82, 2.24) is 15.6 Å². The lowest BCUT2D eigenvalue weighted by molar-refractivity contribution is 0.0950. The lowest BCUT2D eigenvalue weighted by atomic mass is 10.1. The first-order chi connectivity index (χ1) is 11.1. The fraction of sp³-hybridized carbons (Fsp3) is 0. The summed E-state index contributed by atoms with van der Waals surface area (Å²) in [5, 5.41) is 13.6. The van der Waals surface area contributed by atoms with Gasteiger partial charge in [0.2, 0.25) is 0 Å². The van der Waals surface area contributed by atoms with Crippen LogP contribution in [0.1, 0.15) is 15.4 Å². The number of amides is 1. The van der Waals surface area contributed by atoms with Crippen LogP contribution in [-0.4, -0.2) is 22.3 Å². The van der Waals surface area contributed by atoms with Crippen LogP contribution in [0.2, 0.25) is 10.0 Å². The predicted octanol–water partition coefficient (Wildman–Crippen LogP) is 4.21. The number of hydrogen-bond donors (Lipinski definition) is 2. The summed E-state index contributed by atoms with van der Waals surface area (Å²) in [6.07, 6.45) is 1.58. The lowest BCUT2D eigenvalue weighted by Crippen LogP contribution is -2.17. The molecule has 5 nitrogen and oxygen atoms in total. The molecule has 0 saturated heterocycles. The van der Waals surface area contributed by atoms with Crippen LogP contribution in [0.4, 0.5) is 0 Å². The summed E-state index contributed by atoms with van der Waals surface area (Å²) in [7, 11) is 0. The molecule has 0 spiro atoms. The Morgan fingerprint density at radius 3 is 2.91 bits per heavy atom. The van der Waals surface area contributed by atoms with Gasteiger partial charge in [-0.15, -0.1) is 11.3 Å². The lowest BCUT2D eigenvalue weighted by Gasteiger charge is -2.00. The molecule has 0 atom stereocenters. The molecule has 23 heavy (non-hydrogen) atoms. The van der Waals surface area contributed by atoms with Crippen LogP contribution in [0.5, 0.6) is 0 Å². The van der Waals surface area contributed by atoms with Crippen LogP contribution in [0.3, 0.4) is 0 Å². The molecule has 2 heterocycles. The average molecular weight is 365 g/mol. The molecule has 0 aliphatic carbocycles. The normalized spacial score (nSPS) is 11.0. The van der Waals surface area contributed by atoms with Gasteiger partial charge in [-0.1, -0.05) is 29.3 Å². The third kappa shape index (κ3) is 3.79. The number of hydrogen-bond acceptors (Lipinski definition) is 4. The zero-order valence-electron chi connectivity index (χ0n) is 11.6. The number of rotatable bonds is 4. The average Bonchev–Trinajstić information content (AvgIpc) is 3.18. The SMILES string of the molecule is O=C(NN=Cc1cccs1)c1cc(-c2ccc(Cl)cc2Cl)n[nH]1. The van der Waals surface area contributed by atoms with Gasteiger partial charge in [-0.05, 0) is 35.7 Å². The molecule has 3 aromatic rings. The van der Waals surface area contributed by atoms with Gasteiger partial charge in [0, 0.05) is 15.5 Å². The maximum Gasteiger partial charge on any atom is 0.289 e. The Morgan fingerprint density at radius 2 is 2.17 bits per heavy atom. The Kier molecular flexibility index (Phi) is 4.76. The molecule has 116 valence electrons. The molecule has 1 aromatic carbocycles. The molecule has 0 unspecified atom stereocenters. The van der Waals surface area contributed by atoms with Crippen molar-refractivity contribution in [2.24, 2.45) is 5.10 Å².